The molecule has 1 aliphatic heterocycles. The number of rotatable bonds is 4. The summed E-state index contributed by atoms with van der Waals surface area (Å²) in [4.78, 5) is 17.4. The number of ether oxygens (including phenoxy) is 2. The molecule has 3 heterocycles. The number of carbonyl (C=O) groups excluding carboxylic acids is 1. The first kappa shape index (κ1) is 16.4. The Balaban J connectivity index is 1.43. The van der Waals surface area contributed by atoms with Gasteiger partial charge in [0.1, 0.15) is 19.8 Å². The molecule has 5 rings (SSSR count). The number of hydrogen-bond donors (Lipinski definition) is 1. The standard InChI is InChI=1S/C21H17N3O4/c25-20(22-14-7-8-17-19(12-14)28-11-10-27-17)13-24-16-5-2-1-4-15(16)23-21(24)18-6-3-9-26-18/h1-9,12H,10-11,13H2,(H,22,25). The van der Waals surface area contributed by atoms with Crippen LogP contribution in [0.15, 0.2) is 65.3 Å². The highest BCUT2D eigenvalue weighted by Crippen LogP contribution is 2.32. The van der Waals surface area contributed by atoms with Crippen LogP contribution in [-0.4, -0.2) is 28.7 Å². The van der Waals surface area contributed by atoms with E-state index in [-0.39, 0.29) is 12.5 Å². The molecule has 28 heavy (non-hydrogen) atoms. The molecule has 0 atom stereocenters. The number of imidazole rings is 1. The van der Waals surface area contributed by atoms with Crippen molar-refractivity contribution in [3.8, 4) is 23.1 Å². The summed E-state index contributed by atoms with van der Waals surface area (Å²) >= 11 is 0. The summed E-state index contributed by atoms with van der Waals surface area (Å²) in [7, 11) is 0. The van der Waals surface area contributed by atoms with E-state index in [1.165, 1.54) is 0 Å². The molecular weight excluding hydrogens is 358 g/mol. The summed E-state index contributed by atoms with van der Waals surface area (Å²) in [5.74, 6) is 2.37. The molecule has 2 aromatic carbocycles. The largest absolute Gasteiger partial charge is 0.486 e. The van der Waals surface area contributed by atoms with Crippen molar-refractivity contribution < 1.29 is 18.7 Å². The maximum atomic E-state index is 12.8. The minimum atomic E-state index is -0.173. The summed E-state index contributed by atoms with van der Waals surface area (Å²) in [6.45, 7) is 1.13. The fourth-order valence-corrected chi connectivity index (χ4v) is 3.29. The molecule has 2 aromatic heterocycles. The fraction of sp³-hybridized carbons (Fsp3) is 0.143. The number of furan rings is 1. The van der Waals surface area contributed by atoms with Crippen LogP contribution in [0.5, 0.6) is 11.5 Å². The van der Waals surface area contributed by atoms with Crippen LogP contribution in [0.3, 0.4) is 0 Å². The molecule has 0 bridgehead atoms. The second-order valence-corrected chi connectivity index (χ2v) is 6.39. The lowest BCUT2D eigenvalue weighted by atomic mass is 10.2. The van der Waals surface area contributed by atoms with E-state index in [0.717, 1.165) is 11.0 Å². The van der Waals surface area contributed by atoms with Gasteiger partial charge in [-0.3, -0.25) is 4.79 Å². The monoisotopic (exact) mass is 375 g/mol. The minimum absolute atomic E-state index is 0.102. The Bertz CT molecular complexity index is 1150. The van der Waals surface area contributed by atoms with Gasteiger partial charge < -0.3 is 23.8 Å². The quantitative estimate of drug-likeness (QED) is 0.588. The number of para-hydroxylation sites is 2. The van der Waals surface area contributed by atoms with E-state index in [1.807, 2.05) is 34.9 Å². The smallest absolute Gasteiger partial charge is 0.244 e. The van der Waals surface area contributed by atoms with Gasteiger partial charge in [0.2, 0.25) is 5.91 Å². The minimum Gasteiger partial charge on any atom is -0.486 e. The van der Waals surface area contributed by atoms with Crippen LogP contribution in [0.2, 0.25) is 0 Å². The zero-order valence-corrected chi connectivity index (χ0v) is 14.9. The zero-order valence-electron chi connectivity index (χ0n) is 14.9. The van der Waals surface area contributed by atoms with Crippen molar-refractivity contribution in [2.24, 2.45) is 0 Å². The van der Waals surface area contributed by atoms with Gasteiger partial charge in [-0.25, -0.2) is 4.98 Å². The predicted octanol–water partition coefficient (Wildman–Crippen LogP) is 3.71. The van der Waals surface area contributed by atoms with Crippen LogP contribution < -0.4 is 14.8 Å². The third-order valence-corrected chi connectivity index (χ3v) is 4.52. The van der Waals surface area contributed by atoms with E-state index in [9.17, 15) is 4.79 Å². The molecule has 7 heteroatoms. The molecule has 4 aromatic rings. The van der Waals surface area contributed by atoms with Crippen molar-refractivity contribution >= 4 is 22.6 Å². The number of benzene rings is 2. The molecule has 1 amide bonds. The van der Waals surface area contributed by atoms with E-state index in [2.05, 4.69) is 10.3 Å². The van der Waals surface area contributed by atoms with Crippen molar-refractivity contribution in [1.82, 2.24) is 9.55 Å². The Labute approximate surface area is 160 Å². The average molecular weight is 375 g/mol. The van der Waals surface area contributed by atoms with Gasteiger partial charge in [0.05, 0.1) is 17.3 Å². The maximum absolute atomic E-state index is 12.8. The van der Waals surface area contributed by atoms with Gasteiger partial charge in [-0.05, 0) is 36.4 Å². The molecule has 0 fully saturated rings. The molecule has 0 saturated carbocycles. The SMILES string of the molecule is O=C(Cn1c(-c2ccco2)nc2ccccc21)Nc1ccc2c(c1)OCCO2. The third kappa shape index (κ3) is 2.96. The zero-order chi connectivity index (χ0) is 18.9. The van der Waals surface area contributed by atoms with Crippen LogP contribution in [0.4, 0.5) is 5.69 Å². The number of nitrogens with one attached hydrogen (secondary N) is 1. The Morgan fingerprint density at radius 2 is 1.89 bits per heavy atom. The van der Waals surface area contributed by atoms with E-state index >= 15 is 0 Å². The van der Waals surface area contributed by atoms with E-state index in [4.69, 9.17) is 13.9 Å². The van der Waals surface area contributed by atoms with Crippen molar-refractivity contribution in [3.05, 3.63) is 60.9 Å². The molecule has 0 aliphatic carbocycles. The molecule has 1 N–H and O–H groups in total. The van der Waals surface area contributed by atoms with Crippen LogP contribution in [-0.2, 0) is 11.3 Å². The first-order valence-corrected chi connectivity index (χ1v) is 8.96. The number of nitrogens with zero attached hydrogens (tertiary/aromatic N) is 2. The normalized spacial score (nSPS) is 12.9. The average Bonchev–Trinajstić information content (AvgIpc) is 3.36. The van der Waals surface area contributed by atoms with Gasteiger partial charge in [0, 0.05) is 11.8 Å². The molecule has 0 saturated heterocycles. The highest BCUT2D eigenvalue weighted by molar-refractivity contribution is 5.92. The molecule has 1 aliphatic rings. The van der Waals surface area contributed by atoms with Gasteiger partial charge in [-0.1, -0.05) is 12.1 Å². The number of aromatic nitrogens is 2. The molecule has 0 unspecified atom stereocenters. The Morgan fingerprint density at radius 1 is 1.04 bits per heavy atom. The van der Waals surface area contributed by atoms with Crippen LogP contribution in [0.1, 0.15) is 0 Å². The first-order valence-electron chi connectivity index (χ1n) is 8.96. The fourth-order valence-electron chi connectivity index (χ4n) is 3.29. The van der Waals surface area contributed by atoms with E-state index in [1.54, 1.807) is 30.5 Å². The molecule has 0 radical (unpaired) electrons. The van der Waals surface area contributed by atoms with Crippen LogP contribution >= 0.6 is 0 Å². The Kier molecular flexibility index (Phi) is 3.97. The van der Waals surface area contributed by atoms with E-state index in [0.29, 0.717) is 42.0 Å². The van der Waals surface area contributed by atoms with Crippen molar-refractivity contribution in [2.75, 3.05) is 18.5 Å². The summed E-state index contributed by atoms with van der Waals surface area (Å²) in [6, 6.07) is 16.7. The van der Waals surface area contributed by atoms with Gasteiger partial charge in [0.25, 0.3) is 0 Å². The number of anilines is 1. The molecule has 0 spiro atoms. The van der Waals surface area contributed by atoms with Crippen molar-refractivity contribution in [1.29, 1.82) is 0 Å². The van der Waals surface area contributed by atoms with Crippen molar-refractivity contribution in [3.63, 3.8) is 0 Å². The Morgan fingerprint density at radius 3 is 2.75 bits per heavy atom. The summed E-state index contributed by atoms with van der Waals surface area (Å²) in [5, 5.41) is 2.91. The third-order valence-electron chi connectivity index (χ3n) is 4.52. The Hall–Kier alpha value is -3.74. The first-order chi connectivity index (χ1) is 13.8. The van der Waals surface area contributed by atoms with Crippen LogP contribution in [0.25, 0.3) is 22.6 Å². The second kappa shape index (κ2) is 6.77. The van der Waals surface area contributed by atoms with E-state index < -0.39 is 0 Å². The lowest BCUT2D eigenvalue weighted by Gasteiger charge is -2.19. The number of hydrogen-bond acceptors (Lipinski definition) is 5. The van der Waals surface area contributed by atoms with Gasteiger partial charge >= 0.3 is 0 Å². The molecular formula is C21H17N3O4. The van der Waals surface area contributed by atoms with Crippen LogP contribution in [0, 0.1) is 0 Å². The molecule has 140 valence electrons. The number of carbonyl (C=O) groups is 1. The topological polar surface area (TPSA) is 78.5 Å². The van der Waals surface area contributed by atoms with Gasteiger partial charge in [-0.2, -0.15) is 0 Å². The van der Waals surface area contributed by atoms with Crippen molar-refractivity contribution in [2.45, 2.75) is 6.54 Å². The van der Waals surface area contributed by atoms with Gasteiger partial charge in [-0.15, -0.1) is 0 Å². The number of fused-ring (bicyclic) bond motifs is 2. The summed E-state index contributed by atoms with van der Waals surface area (Å²) in [5.41, 5.74) is 2.32. The predicted molar refractivity (Wildman–Crippen MR) is 103 cm³/mol. The van der Waals surface area contributed by atoms with Gasteiger partial charge in [0.15, 0.2) is 23.1 Å². The number of amides is 1. The lowest BCUT2D eigenvalue weighted by molar-refractivity contribution is -0.116. The summed E-state index contributed by atoms with van der Waals surface area (Å²) in [6.07, 6.45) is 1.59. The molecule has 7 nitrogen and oxygen atoms in total. The second-order valence-electron chi connectivity index (χ2n) is 6.39. The highest BCUT2D eigenvalue weighted by atomic mass is 16.6. The lowest BCUT2D eigenvalue weighted by Crippen LogP contribution is -2.20. The maximum Gasteiger partial charge on any atom is 0.244 e. The highest BCUT2D eigenvalue weighted by Gasteiger charge is 2.18. The summed E-state index contributed by atoms with van der Waals surface area (Å²) < 4.78 is 18.4.